The molecular formula is C62H116NO8+. The fourth-order valence-electron chi connectivity index (χ4n) is 8.73. The minimum absolute atomic E-state index is 0.177. The van der Waals surface area contributed by atoms with Crippen LogP contribution in [-0.4, -0.2) is 87.4 Å². The molecule has 416 valence electrons. The summed E-state index contributed by atoms with van der Waals surface area (Å²) in [4.78, 5) is 37.1. The maximum atomic E-state index is 12.8. The second-order valence-electron chi connectivity index (χ2n) is 21.7. The first-order valence-corrected chi connectivity index (χ1v) is 30.2. The maximum Gasteiger partial charge on any atom is 0.361 e. The predicted molar refractivity (Wildman–Crippen MR) is 300 cm³/mol. The van der Waals surface area contributed by atoms with Crippen molar-refractivity contribution in [2.45, 2.75) is 296 Å². The van der Waals surface area contributed by atoms with Gasteiger partial charge in [-0.25, -0.2) is 4.79 Å². The fraction of sp³-hybridized carbons (Fsp3) is 0.855. The molecule has 0 heterocycles. The van der Waals surface area contributed by atoms with Crippen molar-refractivity contribution in [3.63, 3.8) is 0 Å². The van der Waals surface area contributed by atoms with Gasteiger partial charge in [0, 0.05) is 12.8 Å². The Hall–Kier alpha value is -2.49. The van der Waals surface area contributed by atoms with Crippen LogP contribution in [-0.2, 0) is 33.3 Å². The summed E-state index contributed by atoms with van der Waals surface area (Å²) in [5.41, 5.74) is 0. The number of carbonyl (C=O) groups excluding carboxylic acids is 2. The van der Waals surface area contributed by atoms with Crippen LogP contribution in [0.3, 0.4) is 0 Å². The molecule has 0 aromatic carbocycles. The van der Waals surface area contributed by atoms with Crippen LogP contribution < -0.4 is 0 Å². The number of allylic oxidation sites excluding steroid dienone is 6. The van der Waals surface area contributed by atoms with Crippen LogP contribution in [0.1, 0.15) is 284 Å². The summed E-state index contributed by atoms with van der Waals surface area (Å²) in [6.45, 7) is 4.84. The molecule has 0 saturated heterocycles. The molecule has 9 nitrogen and oxygen atoms in total. The highest BCUT2D eigenvalue weighted by molar-refractivity contribution is 5.71. The quantitative estimate of drug-likeness (QED) is 0.0211. The number of quaternary nitrogens is 1. The van der Waals surface area contributed by atoms with Gasteiger partial charge in [0.25, 0.3) is 6.29 Å². The van der Waals surface area contributed by atoms with Gasteiger partial charge in [0.15, 0.2) is 6.10 Å². The molecule has 0 rings (SSSR count). The molecule has 0 aliphatic carbocycles. The van der Waals surface area contributed by atoms with Gasteiger partial charge in [0.05, 0.1) is 34.4 Å². The summed E-state index contributed by atoms with van der Waals surface area (Å²) in [5.74, 6) is -2.00. The number of rotatable bonds is 56. The SMILES string of the molecule is CCCCCCC/C=C\C/C=C\C/C=C\CCCCCCCCCCCCCCCCCCCCCCCCCCC(=O)OC(COC(=O)CCCCCCCCC)COC(OCC[N+](C)(C)C)C(=O)O. The van der Waals surface area contributed by atoms with Crippen molar-refractivity contribution in [2.75, 3.05) is 47.5 Å². The van der Waals surface area contributed by atoms with E-state index >= 15 is 0 Å². The van der Waals surface area contributed by atoms with Crippen LogP contribution in [0.15, 0.2) is 36.5 Å². The Labute approximate surface area is 439 Å². The molecule has 71 heavy (non-hydrogen) atoms. The van der Waals surface area contributed by atoms with Crippen molar-refractivity contribution in [3.05, 3.63) is 36.5 Å². The summed E-state index contributed by atoms with van der Waals surface area (Å²) in [5, 5.41) is 9.64. The lowest BCUT2D eigenvalue weighted by atomic mass is 10.0. The van der Waals surface area contributed by atoms with E-state index in [-0.39, 0.29) is 32.2 Å². The molecule has 0 saturated carbocycles. The van der Waals surface area contributed by atoms with Gasteiger partial charge in [-0.2, -0.15) is 0 Å². The van der Waals surface area contributed by atoms with Gasteiger partial charge in [-0.1, -0.05) is 256 Å². The first-order chi connectivity index (χ1) is 34.6. The Morgan fingerprint density at radius 1 is 0.423 bits per heavy atom. The monoisotopic (exact) mass is 1000 g/mol. The Morgan fingerprint density at radius 3 is 1.13 bits per heavy atom. The predicted octanol–water partition coefficient (Wildman–Crippen LogP) is 17.7. The summed E-state index contributed by atoms with van der Waals surface area (Å²) in [6, 6.07) is 0. The van der Waals surface area contributed by atoms with Crippen LogP contribution in [0.25, 0.3) is 0 Å². The van der Waals surface area contributed by atoms with E-state index in [1.807, 2.05) is 21.1 Å². The van der Waals surface area contributed by atoms with Crippen molar-refractivity contribution in [1.29, 1.82) is 0 Å². The topological polar surface area (TPSA) is 108 Å². The number of likely N-dealkylation sites (N-methyl/N-ethyl adjacent to an activating group) is 1. The van der Waals surface area contributed by atoms with E-state index in [1.165, 1.54) is 205 Å². The summed E-state index contributed by atoms with van der Waals surface area (Å²) in [7, 11) is 5.96. The van der Waals surface area contributed by atoms with Crippen LogP contribution >= 0.6 is 0 Å². The van der Waals surface area contributed by atoms with Crippen molar-refractivity contribution in [3.8, 4) is 0 Å². The van der Waals surface area contributed by atoms with Crippen molar-refractivity contribution < 1.29 is 42.9 Å². The van der Waals surface area contributed by atoms with Crippen molar-refractivity contribution in [1.82, 2.24) is 0 Å². The number of esters is 2. The zero-order valence-corrected chi connectivity index (χ0v) is 47.4. The fourth-order valence-corrected chi connectivity index (χ4v) is 8.73. The Kier molecular flexibility index (Phi) is 51.9. The Balaban J connectivity index is 3.82. The van der Waals surface area contributed by atoms with E-state index in [2.05, 4.69) is 50.3 Å². The molecule has 2 unspecified atom stereocenters. The smallest absolute Gasteiger partial charge is 0.361 e. The van der Waals surface area contributed by atoms with Gasteiger partial charge < -0.3 is 28.5 Å². The molecule has 0 aromatic heterocycles. The van der Waals surface area contributed by atoms with Gasteiger partial charge in [-0.3, -0.25) is 9.59 Å². The molecule has 0 bridgehead atoms. The Bertz CT molecular complexity index is 1260. The highest BCUT2D eigenvalue weighted by atomic mass is 16.7. The molecule has 0 spiro atoms. The third-order valence-corrected chi connectivity index (χ3v) is 13.4. The summed E-state index contributed by atoms with van der Waals surface area (Å²) < 4.78 is 22.7. The van der Waals surface area contributed by atoms with Crippen LogP contribution in [0.2, 0.25) is 0 Å². The second-order valence-corrected chi connectivity index (χ2v) is 21.7. The lowest BCUT2D eigenvalue weighted by Crippen LogP contribution is -2.40. The van der Waals surface area contributed by atoms with Crippen molar-refractivity contribution >= 4 is 17.9 Å². The highest BCUT2D eigenvalue weighted by Gasteiger charge is 2.25. The van der Waals surface area contributed by atoms with E-state index in [4.69, 9.17) is 18.9 Å². The number of unbranched alkanes of at least 4 members (excludes halogenated alkanes) is 35. The number of carbonyl (C=O) groups is 3. The standard InChI is InChI=1S/C62H115NO8/c1-6-8-10-12-14-15-16-17-18-19-20-21-22-23-24-25-26-27-28-29-30-31-32-33-34-35-36-37-38-39-40-41-42-43-44-45-47-49-51-53-60(65)71-58(56-69-59(64)52-50-48-46-13-11-9-7-2)57-70-62(61(66)67)68-55-54-63(3,4)5/h16-17,19-20,22-23,58,62H,6-15,18,21,24-57H2,1-5H3/p+1/b17-16-,20-19-,23-22-. The molecule has 0 aliphatic rings. The first kappa shape index (κ1) is 68.5. The lowest BCUT2D eigenvalue weighted by molar-refractivity contribution is -0.870. The van der Waals surface area contributed by atoms with Gasteiger partial charge >= 0.3 is 17.9 Å². The molecule has 9 heteroatoms. The average molecular weight is 1000 g/mol. The van der Waals surface area contributed by atoms with E-state index < -0.39 is 24.3 Å². The minimum atomic E-state index is -1.50. The third kappa shape index (κ3) is 55.1. The zero-order chi connectivity index (χ0) is 52.0. The number of carboxylic acids is 1. The number of carboxylic acid groups (broad SMARTS) is 1. The van der Waals surface area contributed by atoms with Crippen molar-refractivity contribution in [2.24, 2.45) is 0 Å². The molecule has 0 aromatic rings. The third-order valence-electron chi connectivity index (χ3n) is 13.4. The first-order valence-electron chi connectivity index (χ1n) is 30.2. The number of nitrogens with zero attached hydrogens (tertiary/aromatic N) is 1. The molecule has 0 fully saturated rings. The largest absolute Gasteiger partial charge is 0.477 e. The molecule has 0 aliphatic heterocycles. The zero-order valence-electron chi connectivity index (χ0n) is 47.4. The second kappa shape index (κ2) is 53.8. The number of hydrogen-bond acceptors (Lipinski definition) is 7. The molecule has 2 atom stereocenters. The normalized spacial score (nSPS) is 13.0. The summed E-state index contributed by atoms with van der Waals surface area (Å²) >= 11 is 0. The number of aliphatic carboxylic acids is 1. The van der Waals surface area contributed by atoms with Crippen LogP contribution in [0.4, 0.5) is 0 Å². The lowest BCUT2D eigenvalue weighted by Gasteiger charge is -2.25. The van der Waals surface area contributed by atoms with Gasteiger partial charge in [-0.05, 0) is 51.4 Å². The molecule has 0 amide bonds. The number of ether oxygens (including phenoxy) is 4. The van der Waals surface area contributed by atoms with E-state index in [0.29, 0.717) is 17.4 Å². The molecular weight excluding hydrogens is 887 g/mol. The van der Waals surface area contributed by atoms with Gasteiger partial charge in [0.2, 0.25) is 0 Å². The Morgan fingerprint density at radius 2 is 0.761 bits per heavy atom. The molecule has 0 radical (unpaired) electrons. The van der Waals surface area contributed by atoms with E-state index in [0.717, 1.165) is 51.4 Å². The average Bonchev–Trinajstić information content (AvgIpc) is 3.34. The highest BCUT2D eigenvalue weighted by Crippen LogP contribution is 2.17. The minimum Gasteiger partial charge on any atom is -0.477 e. The van der Waals surface area contributed by atoms with Crippen LogP contribution in [0, 0.1) is 0 Å². The van der Waals surface area contributed by atoms with Gasteiger partial charge in [-0.15, -0.1) is 0 Å². The molecule has 1 N–H and O–H groups in total. The van der Waals surface area contributed by atoms with Gasteiger partial charge in [0.1, 0.15) is 13.2 Å². The van der Waals surface area contributed by atoms with E-state index in [1.54, 1.807) is 0 Å². The summed E-state index contributed by atoms with van der Waals surface area (Å²) in [6.07, 6.45) is 62.9. The van der Waals surface area contributed by atoms with Crippen LogP contribution in [0.5, 0.6) is 0 Å². The van der Waals surface area contributed by atoms with E-state index in [9.17, 15) is 19.5 Å². The maximum absolute atomic E-state index is 12.8. The number of hydrogen-bond donors (Lipinski definition) is 1.